The van der Waals surface area contributed by atoms with Crippen molar-refractivity contribution in [3.05, 3.63) is 96.0 Å². The standard InChI is InChI=1S/C33H37N7O/c1-20-18-23(33(3,4)5)12-15-25(20)32(41)39-27-9-7-8-26(21(27)2)28-19-40-17-16-36-31(40)30(38-28)37-24-13-10-22(11-14-24)29(34)35-6/h7-20,25H,1-6H3,(H2,34,35)(H,37,38)(H,39,41). The lowest BCUT2D eigenvalue weighted by molar-refractivity contribution is -0.119. The Labute approximate surface area is 241 Å². The molecule has 2 heterocycles. The number of nitrogens with zero attached hydrogens (tertiary/aromatic N) is 4. The molecule has 0 radical (unpaired) electrons. The number of amides is 1. The number of carbonyl (C=O) groups is 1. The summed E-state index contributed by atoms with van der Waals surface area (Å²) < 4.78 is 1.94. The largest absolute Gasteiger partial charge is 0.384 e. The average Bonchev–Trinajstić information content (AvgIpc) is 3.43. The summed E-state index contributed by atoms with van der Waals surface area (Å²) in [7, 11) is 1.67. The Kier molecular flexibility index (Phi) is 7.49. The van der Waals surface area contributed by atoms with Crippen molar-refractivity contribution in [3.63, 3.8) is 0 Å². The molecule has 0 fully saturated rings. The van der Waals surface area contributed by atoms with E-state index in [0.717, 1.165) is 33.8 Å². The molecule has 0 spiro atoms. The zero-order chi connectivity index (χ0) is 29.3. The van der Waals surface area contributed by atoms with E-state index in [9.17, 15) is 4.79 Å². The van der Waals surface area contributed by atoms with Crippen molar-refractivity contribution >= 4 is 34.6 Å². The molecule has 0 aliphatic heterocycles. The molecule has 0 bridgehead atoms. The number of benzene rings is 2. The highest BCUT2D eigenvalue weighted by molar-refractivity contribution is 5.98. The first-order chi connectivity index (χ1) is 19.5. The van der Waals surface area contributed by atoms with Crippen LogP contribution in [-0.4, -0.2) is 33.2 Å². The molecule has 8 heteroatoms. The molecular formula is C33H37N7O. The van der Waals surface area contributed by atoms with Crippen LogP contribution < -0.4 is 16.4 Å². The monoisotopic (exact) mass is 547 g/mol. The maximum atomic E-state index is 13.4. The summed E-state index contributed by atoms with van der Waals surface area (Å²) >= 11 is 0. The number of hydrogen-bond acceptors (Lipinski definition) is 5. The van der Waals surface area contributed by atoms with Gasteiger partial charge in [0.05, 0.1) is 11.6 Å². The van der Waals surface area contributed by atoms with Gasteiger partial charge in [-0.05, 0) is 59.7 Å². The SMILES string of the molecule is CN=C(N)c1ccc(Nc2nc(-c3cccc(NC(=O)C4C=CC(C(C)(C)C)=CC4C)c3C)cn3ccnc23)cc1. The van der Waals surface area contributed by atoms with E-state index < -0.39 is 0 Å². The lowest BCUT2D eigenvalue weighted by atomic mass is 9.77. The highest BCUT2D eigenvalue weighted by Gasteiger charge is 2.28. The van der Waals surface area contributed by atoms with Crippen LogP contribution in [0.5, 0.6) is 0 Å². The minimum atomic E-state index is -0.231. The minimum Gasteiger partial charge on any atom is -0.384 e. The summed E-state index contributed by atoms with van der Waals surface area (Å²) in [5, 5.41) is 6.58. The Bertz CT molecular complexity index is 1690. The Morgan fingerprint density at radius 1 is 1.12 bits per heavy atom. The molecular weight excluding hydrogens is 510 g/mol. The van der Waals surface area contributed by atoms with Gasteiger partial charge in [-0.25, -0.2) is 9.97 Å². The average molecular weight is 548 g/mol. The van der Waals surface area contributed by atoms with E-state index in [2.05, 4.69) is 60.5 Å². The van der Waals surface area contributed by atoms with Gasteiger partial charge in [0.25, 0.3) is 0 Å². The number of hydrogen-bond donors (Lipinski definition) is 3. The highest BCUT2D eigenvalue weighted by atomic mass is 16.1. The molecule has 2 aromatic heterocycles. The second kappa shape index (κ2) is 11.0. The summed E-state index contributed by atoms with van der Waals surface area (Å²) in [5.74, 6) is 0.960. The van der Waals surface area contributed by atoms with Gasteiger partial charge in [-0.1, -0.05) is 58.1 Å². The lowest BCUT2D eigenvalue weighted by Gasteiger charge is -2.28. The second-order valence-corrected chi connectivity index (χ2v) is 11.5. The number of nitrogens with one attached hydrogen (secondary N) is 2. The van der Waals surface area contributed by atoms with Gasteiger partial charge in [-0.15, -0.1) is 0 Å². The molecule has 2 unspecified atom stereocenters. The number of allylic oxidation sites excluding steroid dienone is 3. The Hall–Kier alpha value is -4.72. The number of nitrogens with two attached hydrogens (primary N) is 1. The van der Waals surface area contributed by atoms with Crippen LogP contribution in [0.3, 0.4) is 0 Å². The molecule has 1 aliphatic carbocycles. The number of amidine groups is 1. The van der Waals surface area contributed by atoms with Gasteiger partial charge < -0.3 is 20.8 Å². The molecule has 2 aromatic carbocycles. The van der Waals surface area contributed by atoms with Crippen LogP contribution >= 0.6 is 0 Å². The fourth-order valence-electron chi connectivity index (χ4n) is 5.05. The normalized spacial score (nSPS) is 17.4. The van der Waals surface area contributed by atoms with Gasteiger partial charge >= 0.3 is 0 Å². The van der Waals surface area contributed by atoms with Gasteiger partial charge in [-0.3, -0.25) is 9.79 Å². The summed E-state index contributed by atoms with van der Waals surface area (Å²) in [6, 6.07) is 13.6. The summed E-state index contributed by atoms with van der Waals surface area (Å²) in [5.41, 5.74) is 13.0. The highest BCUT2D eigenvalue weighted by Crippen LogP contribution is 2.35. The maximum Gasteiger partial charge on any atom is 0.231 e. The predicted octanol–water partition coefficient (Wildman–Crippen LogP) is 6.52. The van der Waals surface area contributed by atoms with Crippen LogP contribution in [0.15, 0.2) is 89.8 Å². The van der Waals surface area contributed by atoms with E-state index in [4.69, 9.17) is 10.7 Å². The molecule has 8 nitrogen and oxygen atoms in total. The van der Waals surface area contributed by atoms with Crippen molar-refractivity contribution in [1.82, 2.24) is 14.4 Å². The van der Waals surface area contributed by atoms with E-state index in [-0.39, 0.29) is 23.2 Å². The molecule has 0 saturated carbocycles. The smallest absolute Gasteiger partial charge is 0.231 e. The Morgan fingerprint density at radius 3 is 2.56 bits per heavy atom. The van der Waals surface area contributed by atoms with Crippen LogP contribution in [0.2, 0.25) is 0 Å². The first kappa shape index (κ1) is 27.8. The molecule has 1 aliphatic rings. The minimum absolute atomic E-state index is 0.0178. The number of aliphatic imine (C=N–C) groups is 1. The van der Waals surface area contributed by atoms with Crippen molar-refractivity contribution in [2.75, 3.05) is 17.7 Å². The van der Waals surface area contributed by atoms with E-state index in [1.54, 1.807) is 13.2 Å². The molecule has 41 heavy (non-hydrogen) atoms. The third-order valence-electron chi connectivity index (χ3n) is 7.59. The van der Waals surface area contributed by atoms with Crippen LogP contribution in [0.1, 0.15) is 38.8 Å². The zero-order valence-electron chi connectivity index (χ0n) is 24.4. The molecule has 4 N–H and O–H groups in total. The van der Waals surface area contributed by atoms with Gasteiger partial charge in [0.15, 0.2) is 11.5 Å². The fraction of sp³-hybridized carbons (Fsp3) is 0.273. The van der Waals surface area contributed by atoms with Crippen LogP contribution in [-0.2, 0) is 4.79 Å². The van der Waals surface area contributed by atoms with E-state index in [1.165, 1.54) is 5.57 Å². The Morgan fingerprint density at radius 2 is 1.88 bits per heavy atom. The van der Waals surface area contributed by atoms with Gasteiger partial charge in [0.2, 0.25) is 5.91 Å². The van der Waals surface area contributed by atoms with Crippen LogP contribution in [0.25, 0.3) is 16.9 Å². The lowest BCUT2D eigenvalue weighted by Crippen LogP contribution is -2.28. The van der Waals surface area contributed by atoms with Gasteiger partial charge in [0, 0.05) is 48.1 Å². The zero-order valence-corrected chi connectivity index (χ0v) is 24.4. The predicted molar refractivity (Wildman–Crippen MR) is 167 cm³/mol. The summed E-state index contributed by atoms with van der Waals surface area (Å²) in [4.78, 5) is 26.9. The Balaban J connectivity index is 1.42. The van der Waals surface area contributed by atoms with Gasteiger partial charge in [-0.2, -0.15) is 0 Å². The van der Waals surface area contributed by atoms with Crippen molar-refractivity contribution in [1.29, 1.82) is 0 Å². The van der Waals surface area contributed by atoms with Crippen molar-refractivity contribution in [3.8, 4) is 11.3 Å². The molecule has 210 valence electrons. The summed E-state index contributed by atoms with van der Waals surface area (Å²) in [6.45, 7) is 10.7. The number of anilines is 3. The van der Waals surface area contributed by atoms with E-state index in [1.807, 2.05) is 72.3 Å². The number of fused-ring (bicyclic) bond motifs is 1. The third kappa shape index (κ3) is 5.77. The van der Waals surface area contributed by atoms with Crippen molar-refractivity contribution in [2.24, 2.45) is 28.0 Å². The van der Waals surface area contributed by atoms with Crippen LogP contribution in [0, 0.1) is 24.2 Å². The van der Waals surface area contributed by atoms with E-state index in [0.29, 0.717) is 17.3 Å². The van der Waals surface area contributed by atoms with Crippen molar-refractivity contribution < 1.29 is 4.79 Å². The molecule has 5 rings (SSSR count). The number of aromatic nitrogens is 3. The second-order valence-electron chi connectivity index (χ2n) is 11.5. The molecule has 0 saturated heterocycles. The number of imidazole rings is 1. The number of rotatable bonds is 6. The van der Waals surface area contributed by atoms with Crippen LogP contribution in [0.4, 0.5) is 17.2 Å². The third-order valence-corrected chi connectivity index (χ3v) is 7.59. The maximum absolute atomic E-state index is 13.4. The molecule has 1 amide bonds. The number of carbonyl (C=O) groups excluding carboxylic acids is 1. The quantitative estimate of drug-likeness (QED) is 0.188. The first-order valence-corrected chi connectivity index (χ1v) is 13.8. The fourth-order valence-corrected chi connectivity index (χ4v) is 5.05. The van der Waals surface area contributed by atoms with E-state index >= 15 is 0 Å². The first-order valence-electron chi connectivity index (χ1n) is 13.8. The topological polar surface area (TPSA) is 110 Å². The summed E-state index contributed by atoms with van der Waals surface area (Å²) in [6.07, 6.45) is 11.9. The van der Waals surface area contributed by atoms with Gasteiger partial charge in [0.1, 0.15) is 5.84 Å². The molecule has 2 atom stereocenters. The molecule has 4 aromatic rings. The van der Waals surface area contributed by atoms with Crippen molar-refractivity contribution in [2.45, 2.75) is 34.6 Å².